The van der Waals surface area contributed by atoms with E-state index < -0.39 is 8.07 Å². The second-order valence-corrected chi connectivity index (χ2v) is 29.3. The number of benzene rings is 9. The Balaban J connectivity index is 0.00000705. The van der Waals surface area contributed by atoms with Gasteiger partial charge in [-0.2, -0.15) is 12.1 Å². The Morgan fingerprint density at radius 1 is 0.451 bits per heavy atom. The van der Waals surface area contributed by atoms with E-state index in [1.54, 1.807) is 0 Å². The molecule has 0 bridgehead atoms. The van der Waals surface area contributed by atoms with Crippen LogP contribution in [0.1, 0.15) is 104 Å². The molecule has 0 saturated heterocycles. The molecular weight excluding hydrogens is 1200 g/mol. The maximum Gasteiger partial charge on any atom is 0.179 e. The van der Waals surface area contributed by atoms with E-state index in [0.717, 1.165) is 50.4 Å². The van der Waals surface area contributed by atoms with E-state index in [-0.39, 0.29) is 42.7 Å². The van der Waals surface area contributed by atoms with Gasteiger partial charge in [-0.05, 0) is 107 Å². The molecule has 0 aliphatic carbocycles. The zero-order chi connectivity index (χ0) is 56.5. The molecule has 0 fully saturated rings. The van der Waals surface area contributed by atoms with Gasteiger partial charge in [0, 0.05) is 66.8 Å². The van der Waals surface area contributed by atoms with Crippen molar-refractivity contribution in [3.8, 4) is 17.3 Å². The van der Waals surface area contributed by atoms with Gasteiger partial charge in [0.2, 0.25) is 0 Å². The quantitative estimate of drug-likeness (QED) is 0.0734. The van der Waals surface area contributed by atoms with Gasteiger partial charge in [-0.3, -0.25) is 0 Å². The number of aromatic nitrogens is 2. The smallest absolute Gasteiger partial charge is 0.179 e. The average Bonchev–Trinajstić information content (AvgIpc) is 2.40. The second-order valence-electron chi connectivity index (χ2n) is 25.4. The molecule has 11 aromatic rings. The molecule has 0 amide bonds. The van der Waals surface area contributed by atoms with Gasteiger partial charge in [-0.15, -0.1) is 48.1 Å². The molecule has 0 unspecified atom stereocenters. The van der Waals surface area contributed by atoms with Crippen LogP contribution < -0.4 is 35.3 Å². The molecule has 5 nitrogen and oxygen atoms in total. The minimum absolute atomic E-state index is 0. The molecule has 3 heterocycles. The van der Waals surface area contributed by atoms with E-state index in [4.69, 9.17) is 9.72 Å². The number of hydrogen-bond acceptors (Lipinski definition) is 4. The van der Waals surface area contributed by atoms with E-state index in [1.165, 1.54) is 48.6 Å². The molecule has 7 heteroatoms. The van der Waals surface area contributed by atoms with Crippen LogP contribution in [0.3, 0.4) is 0 Å². The summed E-state index contributed by atoms with van der Waals surface area (Å²) in [5, 5.41) is 7.48. The standard InChI is InChI=1S/C75H71N4OSi.Pt/c1-72(2,3)53-42-43-76-70(47-53)79-67-41-39-63(81(60-30-18-13-19-31-60,61-32-20-14-21-33-61)62-34-22-15-23-35-62)50-65(67)64-40-38-59(49-69(64)79)80-58-29-24-28-56(48-58)77-51-78(57-45-54(73(4,5)6)44-55(46-57)74(7,8)9)71-66(36-25-37-68(71)77)75(10,11)52-26-16-12-17-27-52;/h12-47,50-51H,1-11H3;/q-3;. The van der Waals surface area contributed by atoms with Gasteiger partial charge in [0.25, 0.3) is 0 Å². The SMILES string of the molecule is CC(C)(C)c1cc(N2[CH-]N(c3[c-]c(Oc4[c-]c5c(cc4)c4cc([Si](c6ccccc6)(c6ccccc6)c6ccccc6)ccc4n5-c4cc(C(C)(C)C)ccn4)ccc3)c3cccc(C(C)(C)c4ccccc4)c32)cc(C(C)(C)C)c1.[Pt]. The number of para-hydroxylation sites is 1. The van der Waals surface area contributed by atoms with Gasteiger partial charge in [-0.1, -0.05) is 233 Å². The molecule has 0 spiro atoms. The third-order valence-electron chi connectivity index (χ3n) is 16.6. The van der Waals surface area contributed by atoms with Crippen LogP contribution in [0.5, 0.6) is 11.5 Å². The molecule has 0 radical (unpaired) electrons. The van der Waals surface area contributed by atoms with Crippen LogP contribution in [0.4, 0.5) is 22.7 Å². The molecule has 0 N–H and O–H groups in total. The van der Waals surface area contributed by atoms with E-state index in [2.05, 4.69) is 322 Å². The summed E-state index contributed by atoms with van der Waals surface area (Å²) in [6, 6.07) is 87.6. The van der Waals surface area contributed by atoms with Crippen molar-refractivity contribution in [2.45, 2.75) is 97.8 Å². The zero-order valence-corrected chi connectivity index (χ0v) is 52.2. The fraction of sp³-hybridized carbons (Fsp3) is 0.200. The number of anilines is 4. The van der Waals surface area contributed by atoms with Crippen LogP contribution >= 0.6 is 0 Å². The van der Waals surface area contributed by atoms with Crippen molar-refractivity contribution in [3.05, 3.63) is 271 Å². The molecule has 2 aromatic heterocycles. The Morgan fingerprint density at radius 3 is 1.60 bits per heavy atom. The summed E-state index contributed by atoms with van der Waals surface area (Å²) >= 11 is 0. The van der Waals surface area contributed by atoms with Crippen molar-refractivity contribution in [1.82, 2.24) is 9.55 Å². The number of ether oxygens (including phenoxy) is 1. The Hall–Kier alpha value is -7.76. The number of pyridine rings is 1. The first-order valence-electron chi connectivity index (χ1n) is 28.4. The summed E-state index contributed by atoms with van der Waals surface area (Å²) in [5.74, 6) is 2.01. The number of fused-ring (bicyclic) bond motifs is 4. The molecule has 0 saturated carbocycles. The Morgan fingerprint density at radius 2 is 1.01 bits per heavy atom. The molecule has 82 heavy (non-hydrogen) atoms. The molecule has 1 aliphatic rings. The van der Waals surface area contributed by atoms with E-state index in [1.807, 2.05) is 12.3 Å². The van der Waals surface area contributed by atoms with Crippen molar-refractivity contribution in [3.63, 3.8) is 0 Å². The average molecular weight is 1270 g/mol. The first kappa shape index (κ1) is 56.1. The minimum Gasteiger partial charge on any atom is -0.509 e. The van der Waals surface area contributed by atoms with Crippen molar-refractivity contribution < 1.29 is 25.8 Å². The monoisotopic (exact) mass is 1270 g/mol. The fourth-order valence-corrected chi connectivity index (χ4v) is 16.8. The molecule has 9 aromatic carbocycles. The van der Waals surface area contributed by atoms with E-state index in [0.29, 0.717) is 11.5 Å². The fourth-order valence-electron chi connectivity index (χ4n) is 12.0. The second kappa shape index (κ2) is 21.5. The third kappa shape index (κ3) is 10.1. The maximum absolute atomic E-state index is 6.95. The predicted molar refractivity (Wildman–Crippen MR) is 343 cm³/mol. The Labute approximate surface area is 501 Å². The van der Waals surface area contributed by atoms with Crippen LogP contribution in [0.2, 0.25) is 0 Å². The normalized spacial score (nSPS) is 13.1. The Kier molecular flexibility index (Phi) is 14.7. The van der Waals surface area contributed by atoms with Gasteiger partial charge in [0.15, 0.2) is 8.07 Å². The van der Waals surface area contributed by atoms with Crippen molar-refractivity contribution >= 4 is 73.4 Å². The van der Waals surface area contributed by atoms with Gasteiger partial charge in [0.05, 0.1) is 0 Å². The first-order chi connectivity index (χ1) is 38.8. The summed E-state index contributed by atoms with van der Waals surface area (Å²) in [6.45, 7) is 27.5. The topological polar surface area (TPSA) is 33.5 Å². The van der Waals surface area contributed by atoms with Crippen LogP contribution in [-0.4, -0.2) is 17.6 Å². The Bertz CT molecular complexity index is 3970. The van der Waals surface area contributed by atoms with Gasteiger partial charge in [-0.25, -0.2) is 4.98 Å². The summed E-state index contributed by atoms with van der Waals surface area (Å²) in [6.07, 6.45) is 1.94. The zero-order valence-electron chi connectivity index (χ0n) is 49.0. The first-order valence-corrected chi connectivity index (χ1v) is 30.4. The van der Waals surface area contributed by atoms with Crippen LogP contribution in [0.25, 0.3) is 27.6 Å². The number of nitrogens with zero attached hydrogens (tertiary/aromatic N) is 4. The molecule has 1 aliphatic heterocycles. The van der Waals surface area contributed by atoms with Crippen LogP contribution in [0, 0.1) is 18.8 Å². The van der Waals surface area contributed by atoms with E-state index in [9.17, 15) is 0 Å². The summed E-state index contributed by atoms with van der Waals surface area (Å²) < 4.78 is 9.22. The van der Waals surface area contributed by atoms with Crippen molar-refractivity contribution in [2.75, 3.05) is 9.80 Å². The number of hydrogen-bond donors (Lipinski definition) is 0. The number of rotatable bonds is 11. The summed E-state index contributed by atoms with van der Waals surface area (Å²) in [7, 11) is -2.86. The van der Waals surface area contributed by atoms with Crippen molar-refractivity contribution in [2.24, 2.45) is 0 Å². The third-order valence-corrected chi connectivity index (χ3v) is 21.4. The molecule has 0 atom stereocenters. The van der Waals surface area contributed by atoms with Gasteiger partial charge >= 0.3 is 0 Å². The van der Waals surface area contributed by atoms with Crippen LogP contribution in [-0.2, 0) is 42.7 Å². The molecule has 12 rings (SSSR count). The predicted octanol–water partition coefficient (Wildman–Crippen LogP) is 16.6. The largest absolute Gasteiger partial charge is 0.509 e. The molecule has 414 valence electrons. The molecular formula is C75H71N4OPtSi-3. The summed E-state index contributed by atoms with van der Waals surface area (Å²) in [4.78, 5) is 9.76. The minimum atomic E-state index is -2.86. The van der Waals surface area contributed by atoms with Gasteiger partial charge < -0.3 is 19.1 Å². The summed E-state index contributed by atoms with van der Waals surface area (Å²) in [5.41, 5.74) is 11.9. The van der Waals surface area contributed by atoms with E-state index >= 15 is 0 Å². The van der Waals surface area contributed by atoms with Crippen molar-refractivity contribution in [1.29, 1.82) is 0 Å². The van der Waals surface area contributed by atoms with Gasteiger partial charge in [0.1, 0.15) is 5.82 Å². The maximum atomic E-state index is 6.95. The van der Waals surface area contributed by atoms with Crippen LogP contribution in [0.15, 0.2) is 225 Å².